The molecule has 1 saturated heterocycles. The van der Waals surface area contributed by atoms with Gasteiger partial charge in [0, 0.05) is 18.9 Å². The number of sulfonamides is 1. The first-order chi connectivity index (χ1) is 19.4. The van der Waals surface area contributed by atoms with Crippen molar-refractivity contribution in [2.45, 2.75) is 121 Å². The number of hydrogen-bond acceptors (Lipinski definition) is 8. The smallest absolute Gasteiger partial charge is 0.408 e. The Morgan fingerprint density at radius 1 is 1.17 bits per heavy atom. The lowest BCUT2D eigenvalue weighted by molar-refractivity contribution is -0.142. The number of carbonyl (C=O) groups is 4. The van der Waals surface area contributed by atoms with Crippen molar-refractivity contribution in [2.75, 3.05) is 6.54 Å². The zero-order chi connectivity index (χ0) is 31.3. The molecular formula is C29H46N4O8S. The first-order valence-corrected chi connectivity index (χ1v) is 16.4. The fraction of sp³-hybridized carbons (Fsp3) is 0.793. The van der Waals surface area contributed by atoms with Crippen LogP contribution < -0.4 is 15.4 Å². The van der Waals surface area contributed by atoms with Crippen molar-refractivity contribution in [1.29, 1.82) is 0 Å². The predicted molar refractivity (Wildman–Crippen MR) is 154 cm³/mol. The van der Waals surface area contributed by atoms with E-state index < -0.39 is 73.8 Å². The van der Waals surface area contributed by atoms with E-state index in [1.165, 1.54) is 4.90 Å². The predicted octanol–water partition coefficient (Wildman–Crippen LogP) is 1.73. The van der Waals surface area contributed by atoms with Gasteiger partial charge in [-0.25, -0.2) is 13.2 Å². The van der Waals surface area contributed by atoms with Crippen LogP contribution in [0.5, 0.6) is 0 Å². The fourth-order valence-corrected chi connectivity index (χ4v) is 7.27. The molecule has 4 N–H and O–H groups in total. The maximum Gasteiger partial charge on any atom is 0.408 e. The summed E-state index contributed by atoms with van der Waals surface area (Å²) in [5.41, 5.74) is -2.27. The molecular weight excluding hydrogens is 564 g/mol. The number of nitrogens with one attached hydrogen (secondary N) is 3. The second-order valence-corrected chi connectivity index (χ2v) is 16.2. The number of hydrogen-bond donors (Lipinski definition) is 4. The van der Waals surface area contributed by atoms with Gasteiger partial charge in [0.05, 0.1) is 10.9 Å². The van der Waals surface area contributed by atoms with Gasteiger partial charge in [0.15, 0.2) is 0 Å². The number of allylic oxidation sites excluding steroid dienone is 1. The monoisotopic (exact) mass is 610 g/mol. The van der Waals surface area contributed by atoms with Gasteiger partial charge < -0.3 is 25.4 Å². The first-order valence-electron chi connectivity index (χ1n) is 14.9. The highest BCUT2D eigenvalue weighted by molar-refractivity contribution is 7.91. The highest BCUT2D eigenvalue weighted by Gasteiger charge is 2.63. The molecule has 2 heterocycles. The van der Waals surface area contributed by atoms with Gasteiger partial charge in [-0.2, -0.15) is 0 Å². The SMILES string of the molecule is C[C@@H]1CC/C=C\[C@@H]2C[C@@]2(C(=O)NS(=O)(=O)C2(C)CC2)NC(=O)[C@@H]2C[C@@H](O)CN2C(=O)[C@@H](NC(=O)OC(C)(C)C)[C@H](C)C1. The Morgan fingerprint density at radius 2 is 1.83 bits per heavy atom. The molecule has 2 saturated carbocycles. The molecule has 7 atom stereocenters. The largest absolute Gasteiger partial charge is 0.444 e. The lowest BCUT2D eigenvalue weighted by Crippen LogP contribution is -2.59. The van der Waals surface area contributed by atoms with Gasteiger partial charge >= 0.3 is 6.09 Å². The molecule has 42 heavy (non-hydrogen) atoms. The van der Waals surface area contributed by atoms with E-state index in [0.717, 1.165) is 6.42 Å². The summed E-state index contributed by atoms with van der Waals surface area (Å²) in [5.74, 6) is -2.53. The molecule has 0 spiro atoms. The summed E-state index contributed by atoms with van der Waals surface area (Å²) in [6, 6.07) is -2.13. The Morgan fingerprint density at radius 3 is 2.45 bits per heavy atom. The van der Waals surface area contributed by atoms with E-state index in [1.54, 1.807) is 27.7 Å². The molecule has 2 aliphatic heterocycles. The lowest BCUT2D eigenvalue weighted by atomic mass is 9.88. The molecule has 236 valence electrons. The zero-order valence-electron chi connectivity index (χ0n) is 25.4. The van der Waals surface area contributed by atoms with Crippen molar-refractivity contribution in [2.24, 2.45) is 17.8 Å². The molecule has 4 rings (SSSR count). The molecule has 2 aliphatic carbocycles. The number of alkyl carbamates (subject to hydrolysis) is 1. The summed E-state index contributed by atoms with van der Waals surface area (Å²) in [5, 5.41) is 16.0. The number of aliphatic hydroxyl groups excluding tert-OH is 1. The van der Waals surface area contributed by atoms with Crippen molar-refractivity contribution >= 4 is 33.8 Å². The molecule has 3 fully saturated rings. The summed E-state index contributed by atoms with van der Waals surface area (Å²) >= 11 is 0. The molecule has 13 heteroatoms. The number of rotatable bonds is 4. The maximum atomic E-state index is 14.0. The molecule has 0 unspecified atom stereocenters. The molecule has 0 aromatic carbocycles. The van der Waals surface area contributed by atoms with Crippen LogP contribution >= 0.6 is 0 Å². The van der Waals surface area contributed by atoms with Gasteiger partial charge in [-0.05, 0) is 78.1 Å². The third kappa shape index (κ3) is 6.93. The average molecular weight is 611 g/mol. The van der Waals surface area contributed by atoms with Crippen LogP contribution in [0, 0.1) is 17.8 Å². The third-order valence-corrected chi connectivity index (χ3v) is 11.1. The van der Waals surface area contributed by atoms with Crippen molar-refractivity contribution in [3.8, 4) is 0 Å². The zero-order valence-corrected chi connectivity index (χ0v) is 26.3. The molecule has 0 bridgehead atoms. The average Bonchev–Trinajstić information content (AvgIpc) is 3.74. The fourth-order valence-electron chi connectivity index (χ4n) is 5.96. The Hall–Kier alpha value is -2.67. The summed E-state index contributed by atoms with van der Waals surface area (Å²) < 4.78 is 32.3. The second-order valence-electron chi connectivity index (χ2n) is 14.0. The van der Waals surface area contributed by atoms with Gasteiger partial charge in [0.25, 0.3) is 5.91 Å². The maximum absolute atomic E-state index is 14.0. The van der Waals surface area contributed by atoms with Gasteiger partial charge in [-0.1, -0.05) is 26.0 Å². The Bertz CT molecular complexity index is 1240. The van der Waals surface area contributed by atoms with E-state index in [0.29, 0.717) is 25.7 Å². The Balaban J connectivity index is 1.63. The molecule has 0 aromatic rings. The molecule has 0 aromatic heterocycles. The van der Waals surface area contributed by atoms with E-state index in [4.69, 9.17) is 4.74 Å². The van der Waals surface area contributed by atoms with E-state index in [2.05, 4.69) is 22.3 Å². The third-order valence-electron chi connectivity index (χ3n) is 8.94. The molecule has 4 aliphatic rings. The van der Waals surface area contributed by atoms with Gasteiger partial charge in [0.1, 0.15) is 23.2 Å². The summed E-state index contributed by atoms with van der Waals surface area (Å²) in [6.07, 6.45) is 5.17. The normalized spacial score (nSPS) is 35.8. The Labute approximate surface area is 248 Å². The van der Waals surface area contributed by atoms with E-state index >= 15 is 0 Å². The van der Waals surface area contributed by atoms with E-state index in [-0.39, 0.29) is 31.2 Å². The minimum atomic E-state index is -3.94. The number of ether oxygens (including phenoxy) is 1. The summed E-state index contributed by atoms with van der Waals surface area (Å²) in [6.45, 7) is 10.5. The van der Waals surface area contributed by atoms with E-state index in [9.17, 15) is 32.7 Å². The van der Waals surface area contributed by atoms with Crippen LogP contribution in [-0.2, 0) is 29.1 Å². The topological polar surface area (TPSA) is 171 Å². The van der Waals surface area contributed by atoms with Gasteiger partial charge in [-0.3, -0.25) is 19.1 Å². The van der Waals surface area contributed by atoms with Gasteiger partial charge in [-0.15, -0.1) is 0 Å². The molecule has 12 nitrogen and oxygen atoms in total. The van der Waals surface area contributed by atoms with Crippen LogP contribution in [0.2, 0.25) is 0 Å². The van der Waals surface area contributed by atoms with Crippen LogP contribution in [0.4, 0.5) is 4.79 Å². The van der Waals surface area contributed by atoms with Crippen LogP contribution in [0.15, 0.2) is 12.2 Å². The second kappa shape index (κ2) is 11.4. The van der Waals surface area contributed by atoms with Gasteiger partial charge in [0.2, 0.25) is 21.8 Å². The quantitative estimate of drug-likeness (QED) is 0.349. The Kier molecular flexibility index (Phi) is 8.78. The standard InChI is InChI=1S/C29H46N4O8S/c1-17-9-7-8-10-19-15-29(19,25(37)32-42(39,40)28(6)11-12-28)31-23(35)21-14-20(34)16-33(21)24(36)22(18(2)13-17)30-26(38)41-27(3,4)5/h8,10,17-22,34H,7,9,11-16H2,1-6H3,(H,30,38)(H,31,35)(H,32,37)/b10-8-/t17-,18-,19-,20-,21+,22+,29-/m1/s1. The highest BCUT2D eigenvalue weighted by Crippen LogP contribution is 2.47. The van der Waals surface area contributed by atoms with E-state index in [1.807, 2.05) is 19.1 Å². The number of carbonyl (C=O) groups excluding carboxylic acids is 4. The molecule has 0 radical (unpaired) electrons. The lowest BCUT2D eigenvalue weighted by Gasteiger charge is -2.33. The summed E-state index contributed by atoms with van der Waals surface area (Å²) in [4.78, 5) is 55.2. The number of nitrogens with zero attached hydrogens (tertiary/aromatic N) is 1. The van der Waals surface area contributed by atoms with Crippen molar-refractivity contribution < 1.29 is 37.4 Å². The number of amides is 4. The van der Waals surface area contributed by atoms with Crippen molar-refractivity contribution in [3.63, 3.8) is 0 Å². The first kappa shape index (κ1) is 32.2. The highest BCUT2D eigenvalue weighted by atomic mass is 32.2. The summed E-state index contributed by atoms with van der Waals surface area (Å²) in [7, 11) is -3.94. The molecule has 4 amide bonds. The van der Waals surface area contributed by atoms with Crippen LogP contribution in [-0.4, -0.2) is 82.9 Å². The van der Waals surface area contributed by atoms with Crippen molar-refractivity contribution in [3.05, 3.63) is 12.2 Å². The minimum absolute atomic E-state index is 0.0594. The number of fused-ring (bicyclic) bond motifs is 2. The van der Waals surface area contributed by atoms with Crippen LogP contribution in [0.3, 0.4) is 0 Å². The van der Waals surface area contributed by atoms with Crippen molar-refractivity contribution in [1.82, 2.24) is 20.3 Å². The van der Waals surface area contributed by atoms with Crippen LogP contribution in [0.1, 0.15) is 86.5 Å². The number of aliphatic hydroxyl groups is 1. The van der Waals surface area contributed by atoms with Crippen LogP contribution in [0.25, 0.3) is 0 Å². The minimum Gasteiger partial charge on any atom is -0.444 e.